The van der Waals surface area contributed by atoms with Crippen LogP contribution < -0.4 is 15.4 Å². The Kier molecular flexibility index (Phi) is 8.49. The van der Waals surface area contributed by atoms with Crippen molar-refractivity contribution in [1.82, 2.24) is 10.6 Å². The summed E-state index contributed by atoms with van der Waals surface area (Å²) in [5.74, 6) is 1.27. The molecule has 1 atom stereocenters. The fraction of sp³-hybridized carbons (Fsp3) is 0.458. The monoisotopic (exact) mass is 443 g/mol. The minimum absolute atomic E-state index is 0.263. The molecule has 0 aliphatic carbocycles. The first-order valence-electron chi connectivity index (χ1n) is 11.2. The zero-order chi connectivity index (χ0) is 22.1. The van der Waals surface area contributed by atoms with Crippen LogP contribution in [-0.4, -0.2) is 33.4 Å². The summed E-state index contributed by atoms with van der Waals surface area (Å²) in [4.78, 5) is 0.263. The van der Waals surface area contributed by atoms with E-state index >= 15 is 0 Å². The quantitative estimate of drug-likeness (QED) is 0.479. The molecule has 0 saturated heterocycles. The Labute approximate surface area is 186 Å². The minimum Gasteiger partial charge on any atom is -0.494 e. The maximum absolute atomic E-state index is 12.1. The van der Waals surface area contributed by atoms with Gasteiger partial charge in [0, 0.05) is 24.7 Å². The van der Waals surface area contributed by atoms with E-state index in [9.17, 15) is 8.42 Å². The Bertz CT molecular complexity index is 989. The minimum atomic E-state index is -3.58. The molecule has 0 spiro atoms. The third-order valence-electron chi connectivity index (χ3n) is 5.41. The molecule has 3 rings (SSSR count). The van der Waals surface area contributed by atoms with E-state index in [1.54, 1.807) is 18.2 Å². The van der Waals surface area contributed by atoms with Crippen molar-refractivity contribution in [3.8, 4) is 5.75 Å². The predicted octanol–water partition coefficient (Wildman–Crippen LogP) is 4.25. The lowest BCUT2D eigenvalue weighted by molar-refractivity contribution is 0.311. The van der Waals surface area contributed by atoms with Gasteiger partial charge in [-0.2, -0.15) is 8.42 Å². The summed E-state index contributed by atoms with van der Waals surface area (Å²) in [5.41, 5.74) is 1.85. The van der Waals surface area contributed by atoms with Gasteiger partial charge in [-0.1, -0.05) is 51.0 Å². The number of amidine groups is 1. The summed E-state index contributed by atoms with van der Waals surface area (Å²) in [5, 5.41) is 6.77. The van der Waals surface area contributed by atoms with Crippen LogP contribution in [0.15, 0.2) is 57.8 Å². The average Bonchev–Trinajstić information content (AvgIpc) is 3.04. The van der Waals surface area contributed by atoms with Gasteiger partial charge >= 0.3 is 0 Å². The summed E-state index contributed by atoms with van der Waals surface area (Å²) >= 11 is 0. The number of nitrogens with one attached hydrogen (secondary N) is 2. The number of ether oxygens (including phenoxy) is 1. The van der Waals surface area contributed by atoms with Crippen LogP contribution >= 0.6 is 0 Å². The van der Waals surface area contributed by atoms with Crippen LogP contribution in [0.25, 0.3) is 0 Å². The maximum atomic E-state index is 12.1. The van der Waals surface area contributed by atoms with Crippen molar-refractivity contribution in [1.29, 1.82) is 0 Å². The molecule has 7 heteroatoms. The summed E-state index contributed by atoms with van der Waals surface area (Å²) in [6.45, 7) is 6.42. The highest BCUT2D eigenvalue weighted by Crippen LogP contribution is 2.24. The van der Waals surface area contributed by atoms with Gasteiger partial charge in [-0.15, -0.1) is 4.40 Å². The molecule has 31 heavy (non-hydrogen) atoms. The molecule has 168 valence electrons. The zero-order valence-corrected chi connectivity index (χ0v) is 19.2. The average molecular weight is 444 g/mol. The van der Waals surface area contributed by atoms with Gasteiger partial charge in [0.25, 0.3) is 10.0 Å². The van der Waals surface area contributed by atoms with Crippen LogP contribution in [0.3, 0.4) is 0 Å². The first kappa shape index (κ1) is 23.3. The summed E-state index contributed by atoms with van der Waals surface area (Å²) in [6, 6.07) is 15.6. The van der Waals surface area contributed by atoms with Crippen LogP contribution in [0, 0.1) is 0 Å². The highest BCUT2D eigenvalue weighted by Gasteiger charge is 2.27. The van der Waals surface area contributed by atoms with Crippen molar-refractivity contribution in [3.05, 3.63) is 59.7 Å². The van der Waals surface area contributed by atoms with E-state index < -0.39 is 10.0 Å². The first-order chi connectivity index (χ1) is 15.0. The molecular weight excluding hydrogens is 410 g/mol. The molecule has 1 aliphatic heterocycles. The normalized spacial score (nSPS) is 15.2. The molecule has 2 aromatic carbocycles. The molecular formula is C24H33N3O3S. The molecule has 0 radical (unpaired) electrons. The standard InChI is InChI=1S/C24H33N3O3S/c1-3-5-11-20(4-2)26-18-19-10-8-12-21(17-19)30-16-9-15-25-24-22-13-6-7-14-23(22)31(28,29)27-24/h6-8,10,12-14,17,20,26H,3-5,9,11,15-16,18H2,1-2H3,(H,25,27). The van der Waals surface area contributed by atoms with Gasteiger partial charge < -0.3 is 15.4 Å². The fourth-order valence-electron chi connectivity index (χ4n) is 3.61. The van der Waals surface area contributed by atoms with Crippen molar-refractivity contribution in [2.75, 3.05) is 13.2 Å². The van der Waals surface area contributed by atoms with Gasteiger partial charge in [0.15, 0.2) is 0 Å². The third-order valence-corrected chi connectivity index (χ3v) is 6.74. The lowest BCUT2D eigenvalue weighted by Gasteiger charge is -2.17. The SMILES string of the molecule is CCCCC(CC)NCc1cccc(OCCCNC2=NS(=O)(=O)c3ccccc32)c1. The topological polar surface area (TPSA) is 79.8 Å². The molecule has 0 aromatic heterocycles. The Morgan fingerprint density at radius 3 is 2.71 bits per heavy atom. The Morgan fingerprint density at radius 2 is 1.90 bits per heavy atom. The number of hydrogen-bond acceptors (Lipinski definition) is 5. The molecule has 2 N–H and O–H groups in total. The number of nitrogens with zero attached hydrogens (tertiary/aromatic N) is 1. The van der Waals surface area contributed by atoms with Crippen molar-refractivity contribution in [2.24, 2.45) is 4.40 Å². The Hall–Kier alpha value is -2.38. The highest BCUT2D eigenvalue weighted by molar-refractivity contribution is 7.90. The summed E-state index contributed by atoms with van der Waals surface area (Å²) in [7, 11) is -3.58. The van der Waals surface area contributed by atoms with E-state index in [4.69, 9.17) is 4.74 Å². The Balaban J connectivity index is 1.42. The van der Waals surface area contributed by atoms with Crippen molar-refractivity contribution < 1.29 is 13.2 Å². The van der Waals surface area contributed by atoms with Gasteiger partial charge in [-0.3, -0.25) is 0 Å². The lowest BCUT2D eigenvalue weighted by atomic mass is 10.1. The molecule has 0 fully saturated rings. The van der Waals surface area contributed by atoms with Crippen molar-refractivity contribution in [3.63, 3.8) is 0 Å². The van der Waals surface area contributed by atoms with Crippen LogP contribution in [0.2, 0.25) is 0 Å². The van der Waals surface area contributed by atoms with E-state index in [1.165, 1.54) is 24.8 Å². The second-order valence-corrected chi connectivity index (χ2v) is 9.39. The predicted molar refractivity (Wildman–Crippen MR) is 125 cm³/mol. The molecule has 6 nitrogen and oxygen atoms in total. The Morgan fingerprint density at radius 1 is 1.06 bits per heavy atom. The molecule has 0 amide bonds. The summed E-state index contributed by atoms with van der Waals surface area (Å²) in [6.07, 6.45) is 5.57. The largest absolute Gasteiger partial charge is 0.494 e. The number of benzene rings is 2. The fourth-order valence-corrected chi connectivity index (χ4v) is 4.81. The van der Waals surface area contributed by atoms with Crippen LogP contribution in [-0.2, 0) is 16.6 Å². The molecule has 0 bridgehead atoms. The van der Waals surface area contributed by atoms with Gasteiger partial charge in [0.1, 0.15) is 16.5 Å². The van der Waals surface area contributed by atoms with Gasteiger partial charge in [0.2, 0.25) is 0 Å². The second kappa shape index (κ2) is 11.3. The van der Waals surface area contributed by atoms with Gasteiger partial charge in [-0.25, -0.2) is 0 Å². The van der Waals surface area contributed by atoms with Crippen molar-refractivity contribution >= 4 is 15.9 Å². The van der Waals surface area contributed by atoms with Gasteiger partial charge in [-0.05, 0) is 49.1 Å². The van der Waals surface area contributed by atoms with Crippen LogP contribution in [0.5, 0.6) is 5.75 Å². The van der Waals surface area contributed by atoms with E-state index in [0.717, 1.165) is 25.1 Å². The van der Waals surface area contributed by atoms with E-state index in [2.05, 4.69) is 41.0 Å². The molecule has 1 aliphatic rings. The first-order valence-corrected chi connectivity index (χ1v) is 12.6. The van der Waals surface area contributed by atoms with E-state index in [0.29, 0.717) is 30.6 Å². The molecule has 1 heterocycles. The van der Waals surface area contributed by atoms with E-state index in [-0.39, 0.29) is 4.90 Å². The summed E-state index contributed by atoms with van der Waals surface area (Å²) < 4.78 is 33.9. The van der Waals surface area contributed by atoms with Crippen molar-refractivity contribution in [2.45, 2.75) is 63.4 Å². The number of unbranched alkanes of at least 4 members (excludes halogenated alkanes) is 1. The zero-order valence-electron chi connectivity index (χ0n) is 18.4. The van der Waals surface area contributed by atoms with E-state index in [1.807, 2.05) is 18.2 Å². The molecule has 1 unspecified atom stereocenters. The van der Waals surface area contributed by atoms with Crippen LogP contribution in [0.4, 0.5) is 0 Å². The number of fused-ring (bicyclic) bond motifs is 1. The lowest BCUT2D eigenvalue weighted by Crippen LogP contribution is -2.27. The van der Waals surface area contributed by atoms with Gasteiger partial charge in [0.05, 0.1) is 6.61 Å². The molecule has 2 aromatic rings. The van der Waals surface area contributed by atoms with Crippen LogP contribution in [0.1, 0.15) is 57.1 Å². The smallest absolute Gasteiger partial charge is 0.285 e. The number of sulfonamides is 1. The molecule has 0 saturated carbocycles. The third kappa shape index (κ3) is 6.55. The number of rotatable bonds is 12. The maximum Gasteiger partial charge on any atom is 0.285 e. The highest BCUT2D eigenvalue weighted by atomic mass is 32.2. The number of hydrogen-bond donors (Lipinski definition) is 2. The second-order valence-electron chi connectivity index (χ2n) is 7.82.